The van der Waals surface area contributed by atoms with Gasteiger partial charge in [0.1, 0.15) is 8.07 Å². The largest absolute Gasteiger partial charge is 0.356 e. The Kier molecular flexibility index (Phi) is 2.94. The van der Waals surface area contributed by atoms with E-state index in [9.17, 15) is 0 Å². The third-order valence-electron chi connectivity index (χ3n) is 4.65. The molecule has 1 heterocycles. The van der Waals surface area contributed by atoms with Gasteiger partial charge >= 0.3 is 0 Å². The predicted octanol–water partition coefficient (Wildman–Crippen LogP) is 4.23. The van der Waals surface area contributed by atoms with Crippen molar-refractivity contribution in [3.05, 3.63) is 72.8 Å². The van der Waals surface area contributed by atoms with E-state index in [0.29, 0.717) is 0 Å². The van der Waals surface area contributed by atoms with E-state index in [-0.39, 0.29) is 0 Å². The molecule has 0 saturated heterocycles. The first-order valence-corrected chi connectivity index (χ1v) is 10.7. The van der Waals surface area contributed by atoms with Crippen LogP contribution in [-0.4, -0.2) is 8.07 Å². The zero-order chi connectivity index (χ0) is 15.2. The molecule has 3 aromatic carbocycles. The Morgan fingerprint density at radius 1 is 0.636 bits per heavy atom. The van der Waals surface area contributed by atoms with Crippen LogP contribution in [0.5, 0.6) is 0 Å². The molecule has 0 spiro atoms. The van der Waals surface area contributed by atoms with Crippen LogP contribution in [0, 0.1) is 0 Å². The Morgan fingerprint density at radius 2 is 1.32 bits per heavy atom. The van der Waals surface area contributed by atoms with Gasteiger partial charge in [-0.05, 0) is 45.8 Å². The molecular formula is C20H19NSi. The molecule has 4 rings (SSSR count). The van der Waals surface area contributed by atoms with Gasteiger partial charge in [-0.15, -0.1) is 0 Å². The van der Waals surface area contributed by atoms with Crippen molar-refractivity contribution in [3.63, 3.8) is 0 Å². The number of nitrogens with one attached hydrogen (secondary N) is 1. The Balaban J connectivity index is 1.79. The second-order valence-corrected chi connectivity index (χ2v) is 10.7. The normalized spacial score (nSPS) is 14.3. The van der Waals surface area contributed by atoms with Crippen LogP contribution in [0.4, 0.5) is 11.4 Å². The van der Waals surface area contributed by atoms with Crippen molar-refractivity contribution in [1.82, 2.24) is 0 Å². The van der Waals surface area contributed by atoms with Crippen LogP contribution in [0.25, 0.3) is 11.1 Å². The van der Waals surface area contributed by atoms with Gasteiger partial charge in [0.15, 0.2) is 0 Å². The van der Waals surface area contributed by atoms with E-state index >= 15 is 0 Å². The molecule has 0 fully saturated rings. The van der Waals surface area contributed by atoms with Crippen LogP contribution >= 0.6 is 0 Å². The molecule has 0 unspecified atom stereocenters. The van der Waals surface area contributed by atoms with E-state index in [0.717, 1.165) is 5.69 Å². The molecule has 0 saturated carbocycles. The predicted molar refractivity (Wildman–Crippen MR) is 98.4 cm³/mol. The van der Waals surface area contributed by atoms with Gasteiger partial charge in [-0.3, -0.25) is 0 Å². The summed E-state index contributed by atoms with van der Waals surface area (Å²) >= 11 is 0. The summed E-state index contributed by atoms with van der Waals surface area (Å²) in [5.74, 6) is 0. The number of fused-ring (bicyclic) bond motifs is 3. The van der Waals surface area contributed by atoms with Gasteiger partial charge in [0.2, 0.25) is 0 Å². The summed E-state index contributed by atoms with van der Waals surface area (Å²) in [5, 5.41) is 6.61. The van der Waals surface area contributed by atoms with Crippen molar-refractivity contribution < 1.29 is 0 Å². The Labute approximate surface area is 132 Å². The average Bonchev–Trinajstić information content (AvgIpc) is 2.77. The number of anilines is 2. The summed E-state index contributed by atoms with van der Waals surface area (Å²) in [6.07, 6.45) is 0. The van der Waals surface area contributed by atoms with Crippen molar-refractivity contribution in [3.8, 4) is 11.1 Å². The summed E-state index contributed by atoms with van der Waals surface area (Å²) in [6, 6.07) is 26.1. The van der Waals surface area contributed by atoms with Gasteiger partial charge < -0.3 is 5.32 Å². The molecule has 1 aliphatic rings. The lowest BCUT2D eigenvalue weighted by molar-refractivity contribution is 1.56. The maximum atomic E-state index is 3.52. The molecule has 1 aliphatic heterocycles. The van der Waals surface area contributed by atoms with Crippen molar-refractivity contribution in [2.45, 2.75) is 13.1 Å². The highest BCUT2D eigenvalue weighted by Crippen LogP contribution is 2.30. The van der Waals surface area contributed by atoms with Crippen molar-refractivity contribution >= 4 is 29.8 Å². The fourth-order valence-electron chi connectivity index (χ4n) is 3.47. The second-order valence-electron chi connectivity index (χ2n) is 6.42. The highest BCUT2D eigenvalue weighted by Gasteiger charge is 2.37. The van der Waals surface area contributed by atoms with E-state index in [1.165, 1.54) is 22.0 Å². The van der Waals surface area contributed by atoms with Crippen LogP contribution in [0.2, 0.25) is 13.1 Å². The maximum absolute atomic E-state index is 3.52. The lowest BCUT2D eigenvalue weighted by Gasteiger charge is -2.19. The molecule has 108 valence electrons. The molecule has 1 nitrogen and oxygen atoms in total. The zero-order valence-corrected chi connectivity index (χ0v) is 13.9. The molecule has 0 aromatic heterocycles. The number of para-hydroxylation sites is 1. The first-order chi connectivity index (χ1) is 10.7. The fraction of sp³-hybridized carbons (Fsp3) is 0.100. The monoisotopic (exact) mass is 301 g/mol. The van der Waals surface area contributed by atoms with Crippen LogP contribution < -0.4 is 15.7 Å². The van der Waals surface area contributed by atoms with Gasteiger partial charge in [-0.1, -0.05) is 61.6 Å². The zero-order valence-electron chi connectivity index (χ0n) is 12.9. The Morgan fingerprint density at radius 3 is 2.14 bits per heavy atom. The highest BCUT2D eigenvalue weighted by atomic mass is 28.3. The minimum atomic E-state index is -1.57. The average molecular weight is 301 g/mol. The first kappa shape index (κ1) is 13.3. The van der Waals surface area contributed by atoms with Crippen LogP contribution in [0.15, 0.2) is 72.8 Å². The van der Waals surface area contributed by atoms with Crippen molar-refractivity contribution in [2.75, 3.05) is 5.32 Å². The Hall–Kier alpha value is -2.32. The van der Waals surface area contributed by atoms with E-state index in [1.807, 2.05) is 6.07 Å². The van der Waals surface area contributed by atoms with Gasteiger partial charge in [0.25, 0.3) is 0 Å². The summed E-state index contributed by atoms with van der Waals surface area (Å²) in [4.78, 5) is 0. The maximum Gasteiger partial charge on any atom is 0.113 e. The second kappa shape index (κ2) is 4.85. The highest BCUT2D eigenvalue weighted by molar-refractivity contribution is 7.03. The van der Waals surface area contributed by atoms with Crippen LogP contribution in [-0.2, 0) is 0 Å². The number of benzene rings is 3. The summed E-state index contributed by atoms with van der Waals surface area (Å²) in [6.45, 7) is 4.90. The van der Waals surface area contributed by atoms with Crippen molar-refractivity contribution in [1.29, 1.82) is 0 Å². The molecule has 3 aromatic rings. The third kappa shape index (κ3) is 1.99. The Bertz CT molecular complexity index is 837. The van der Waals surface area contributed by atoms with Gasteiger partial charge in [0, 0.05) is 11.4 Å². The van der Waals surface area contributed by atoms with E-state index in [2.05, 4.69) is 85.1 Å². The lowest BCUT2D eigenvalue weighted by atomic mass is 10.1. The topological polar surface area (TPSA) is 12.0 Å². The number of rotatable bonds is 2. The molecule has 0 atom stereocenters. The van der Waals surface area contributed by atoms with Crippen LogP contribution in [0.1, 0.15) is 0 Å². The summed E-state index contributed by atoms with van der Waals surface area (Å²) in [5.41, 5.74) is 5.17. The first-order valence-electron chi connectivity index (χ1n) is 7.73. The van der Waals surface area contributed by atoms with E-state index in [4.69, 9.17) is 0 Å². The van der Waals surface area contributed by atoms with Crippen LogP contribution in [0.3, 0.4) is 0 Å². The minimum Gasteiger partial charge on any atom is -0.356 e. The molecular weight excluding hydrogens is 282 g/mol. The molecule has 2 heteroatoms. The van der Waals surface area contributed by atoms with E-state index < -0.39 is 8.07 Å². The minimum absolute atomic E-state index is 1.14. The molecule has 1 N–H and O–H groups in total. The number of hydrogen-bond acceptors (Lipinski definition) is 1. The standard InChI is InChI=1S/C20H19NSi/c1-22(2)19-11-7-6-10-17(19)18-13-12-16(14-20(18)22)21-15-8-4-3-5-9-15/h3-14,21H,1-2H3. The lowest BCUT2D eigenvalue weighted by Crippen LogP contribution is -2.49. The van der Waals surface area contributed by atoms with Gasteiger partial charge in [0.05, 0.1) is 0 Å². The number of hydrogen-bond donors (Lipinski definition) is 1. The quantitative estimate of drug-likeness (QED) is 0.698. The molecule has 0 amide bonds. The summed E-state index contributed by atoms with van der Waals surface area (Å²) < 4.78 is 0. The molecule has 22 heavy (non-hydrogen) atoms. The van der Waals surface area contributed by atoms with Crippen molar-refractivity contribution in [2.24, 2.45) is 0 Å². The van der Waals surface area contributed by atoms with Gasteiger partial charge in [-0.25, -0.2) is 0 Å². The van der Waals surface area contributed by atoms with Gasteiger partial charge in [-0.2, -0.15) is 0 Å². The van der Waals surface area contributed by atoms with E-state index in [1.54, 1.807) is 5.19 Å². The smallest absolute Gasteiger partial charge is 0.113 e. The third-order valence-corrected chi connectivity index (χ3v) is 8.19. The SMILES string of the molecule is C[Si]1(C)c2ccccc2-c2ccc(Nc3ccccc3)cc21. The molecule has 0 radical (unpaired) electrons. The molecule has 0 aliphatic carbocycles. The summed E-state index contributed by atoms with van der Waals surface area (Å²) in [7, 11) is -1.57. The fourth-order valence-corrected chi connectivity index (χ4v) is 6.57. The molecule has 0 bridgehead atoms.